The van der Waals surface area contributed by atoms with Crippen molar-refractivity contribution in [2.75, 3.05) is 31.2 Å². The highest BCUT2D eigenvalue weighted by Gasteiger charge is 2.17. The molecule has 2 aromatic heterocycles. The lowest BCUT2D eigenvalue weighted by atomic mass is 10.2. The van der Waals surface area contributed by atoms with Gasteiger partial charge < -0.3 is 15.1 Å². The van der Waals surface area contributed by atoms with E-state index in [1.54, 1.807) is 28.8 Å². The number of anilines is 1. The van der Waals surface area contributed by atoms with Crippen molar-refractivity contribution in [3.05, 3.63) is 51.9 Å². The normalized spacial score (nSPS) is 11.3. The van der Waals surface area contributed by atoms with E-state index >= 15 is 0 Å². The van der Waals surface area contributed by atoms with Gasteiger partial charge in [0.15, 0.2) is 0 Å². The number of nitrogens with zero attached hydrogens (tertiary/aromatic N) is 4. The highest BCUT2D eigenvalue weighted by Crippen LogP contribution is 2.23. The molecule has 2 N–H and O–H groups in total. The Balaban J connectivity index is 2.15. The summed E-state index contributed by atoms with van der Waals surface area (Å²) in [4.78, 5) is 19.4. The predicted octanol–water partition coefficient (Wildman–Crippen LogP) is 2.80. The number of unbranched alkanes of at least 4 members (excludes halogenated alkanes) is 2. The van der Waals surface area contributed by atoms with Gasteiger partial charge in [-0.25, -0.2) is 4.98 Å². The number of aromatic nitrogens is 3. The largest absolute Gasteiger partial charge is 0.395 e. The highest BCUT2D eigenvalue weighted by molar-refractivity contribution is 6.30. The summed E-state index contributed by atoms with van der Waals surface area (Å²) in [5.74, 6) is 1.21. The lowest BCUT2D eigenvalue weighted by Gasteiger charge is -2.27. The third-order valence-corrected chi connectivity index (χ3v) is 5.14. The van der Waals surface area contributed by atoms with Crippen LogP contribution in [0.4, 0.5) is 5.82 Å². The van der Waals surface area contributed by atoms with Crippen molar-refractivity contribution in [2.45, 2.75) is 32.7 Å². The monoisotopic (exact) mass is 418 g/mol. The molecule has 8 heteroatoms. The summed E-state index contributed by atoms with van der Waals surface area (Å²) in [5, 5.41) is 19.5. The van der Waals surface area contributed by atoms with E-state index in [1.165, 1.54) is 0 Å². The number of aliphatic hydroxyl groups excluding tert-OH is 2. The second kappa shape index (κ2) is 9.91. The summed E-state index contributed by atoms with van der Waals surface area (Å²) in [7, 11) is 0. The third-order valence-electron chi connectivity index (χ3n) is 4.88. The molecule has 1 aromatic carbocycles. The van der Waals surface area contributed by atoms with Crippen molar-refractivity contribution in [3.8, 4) is 11.3 Å². The second-order valence-electron chi connectivity index (χ2n) is 6.94. The number of fused-ring (bicyclic) bond motifs is 1. The van der Waals surface area contributed by atoms with Gasteiger partial charge >= 0.3 is 0 Å². The van der Waals surface area contributed by atoms with E-state index in [4.69, 9.17) is 16.6 Å². The molecule has 0 bridgehead atoms. The van der Waals surface area contributed by atoms with E-state index in [0.717, 1.165) is 24.8 Å². The summed E-state index contributed by atoms with van der Waals surface area (Å²) in [6, 6.07) is 8.90. The Labute approximate surface area is 174 Å². The third kappa shape index (κ3) is 4.80. The van der Waals surface area contributed by atoms with Gasteiger partial charge in [0.2, 0.25) is 5.78 Å². The van der Waals surface area contributed by atoms with Gasteiger partial charge in [-0.1, -0.05) is 43.5 Å². The summed E-state index contributed by atoms with van der Waals surface area (Å²) in [6.07, 6.45) is 4.82. The average Bonchev–Trinajstić information content (AvgIpc) is 3.16. The van der Waals surface area contributed by atoms with Crippen molar-refractivity contribution in [1.82, 2.24) is 14.0 Å². The van der Waals surface area contributed by atoms with Crippen LogP contribution in [0.3, 0.4) is 0 Å². The maximum atomic E-state index is 12.8. The van der Waals surface area contributed by atoms with Crippen LogP contribution in [-0.4, -0.2) is 50.5 Å². The first-order valence-electron chi connectivity index (χ1n) is 9.94. The average molecular weight is 419 g/mol. The Morgan fingerprint density at radius 3 is 2.41 bits per heavy atom. The molecule has 0 saturated carbocycles. The van der Waals surface area contributed by atoms with Crippen molar-refractivity contribution in [1.29, 1.82) is 0 Å². The van der Waals surface area contributed by atoms with Crippen LogP contribution in [0.25, 0.3) is 17.0 Å². The molecule has 156 valence electrons. The molecule has 0 unspecified atom stereocenters. The molecule has 0 aliphatic rings. The fourth-order valence-corrected chi connectivity index (χ4v) is 3.55. The molecule has 0 saturated heterocycles. The number of halogens is 1. The fraction of sp³-hybridized carbons (Fsp3) is 0.429. The van der Waals surface area contributed by atoms with Crippen molar-refractivity contribution in [3.63, 3.8) is 0 Å². The van der Waals surface area contributed by atoms with Gasteiger partial charge in [-0.3, -0.25) is 13.8 Å². The first-order chi connectivity index (χ1) is 14.1. The number of hydrogen-bond donors (Lipinski definition) is 2. The Kier molecular flexibility index (Phi) is 7.30. The molecule has 0 spiro atoms. The van der Waals surface area contributed by atoms with Crippen LogP contribution in [0.1, 0.15) is 26.2 Å². The topological polar surface area (TPSA) is 83.0 Å². The standard InChI is InChI=1S/C21H27ClN4O3/c1-2-3-4-9-25-19(24(10-12-27)11-13-28)14-20(29)26-15-18(23-21(25)26)16-5-7-17(22)8-6-16/h5-8,14-15,27-28H,2-4,9-13H2,1H3. The molecule has 0 aliphatic carbocycles. The number of rotatable bonds is 10. The molecule has 2 heterocycles. The first kappa shape index (κ1) is 21.4. The van der Waals surface area contributed by atoms with E-state index in [1.807, 2.05) is 21.6 Å². The Bertz CT molecular complexity index is 992. The minimum absolute atomic E-state index is 0.0706. The number of imidazole rings is 1. The van der Waals surface area contributed by atoms with Crippen LogP contribution in [0.2, 0.25) is 5.02 Å². The van der Waals surface area contributed by atoms with Gasteiger partial charge in [0.25, 0.3) is 5.56 Å². The zero-order valence-corrected chi connectivity index (χ0v) is 17.3. The molecule has 3 aromatic rings. The van der Waals surface area contributed by atoms with Crippen molar-refractivity contribution in [2.24, 2.45) is 0 Å². The lowest BCUT2D eigenvalue weighted by Crippen LogP contribution is -2.34. The van der Waals surface area contributed by atoms with Crippen LogP contribution < -0.4 is 10.5 Å². The lowest BCUT2D eigenvalue weighted by molar-refractivity contribution is 0.280. The van der Waals surface area contributed by atoms with Crippen LogP contribution in [0.15, 0.2) is 41.3 Å². The minimum Gasteiger partial charge on any atom is -0.395 e. The second-order valence-corrected chi connectivity index (χ2v) is 7.37. The summed E-state index contributed by atoms with van der Waals surface area (Å²) in [5.41, 5.74) is 1.37. The molecular weight excluding hydrogens is 392 g/mol. The molecule has 29 heavy (non-hydrogen) atoms. The van der Waals surface area contributed by atoms with Crippen molar-refractivity contribution >= 4 is 23.2 Å². The van der Waals surface area contributed by atoms with Crippen LogP contribution in [0.5, 0.6) is 0 Å². The Morgan fingerprint density at radius 1 is 1.10 bits per heavy atom. The highest BCUT2D eigenvalue weighted by atomic mass is 35.5. The Hall–Kier alpha value is -2.35. The summed E-state index contributed by atoms with van der Waals surface area (Å²) in [6.45, 7) is 3.35. The quantitative estimate of drug-likeness (QED) is 0.495. The smallest absolute Gasteiger partial charge is 0.261 e. The maximum Gasteiger partial charge on any atom is 0.261 e. The fourth-order valence-electron chi connectivity index (χ4n) is 3.42. The van der Waals surface area contributed by atoms with Crippen molar-refractivity contribution < 1.29 is 10.2 Å². The summed E-state index contributed by atoms with van der Waals surface area (Å²) >= 11 is 5.99. The van der Waals surface area contributed by atoms with E-state index in [9.17, 15) is 15.0 Å². The van der Waals surface area contributed by atoms with E-state index < -0.39 is 0 Å². The van der Waals surface area contributed by atoms with E-state index in [0.29, 0.717) is 41.9 Å². The van der Waals surface area contributed by atoms with Gasteiger partial charge in [0.05, 0.1) is 18.9 Å². The molecule has 0 amide bonds. The first-order valence-corrected chi connectivity index (χ1v) is 10.3. The zero-order chi connectivity index (χ0) is 20.8. The van der Waals surface area contributed by atoms with Crippen LogP contribution in [-0.2, 0) is 6.54 Å². The zero-order valence-electron chi connectivity index (χ0n) is 16.6. The number of hydrogen-bond acceptors (Lipinski definition) is 5. The number of benzene rings is 1. The SMILES string of the molecule is CCCCCn1c(N(CCO)CCO)cc(=O)n2cc(-c3ccc(Cl)cc3)nc12. The molecule has 7 nitrogen and oxygen atoms in total. The van der Waals surface area contributed by atoms with Crippen LogP contribution >= 0.6 is 11.6 Å². The number of aliphatic hydroxyl groups is 2. The Morgan fingerprint density at radius 2 is 1.79 bits per heavy atom. The van der Waals surface area contributed by atoms with Gasteiger partial charge in [-0.2, -0.15) is 0 Å². The molecule has 0 aliphatic heterocycles. The molecule has 0 radical (unpaired) electrons. The predicted molar refractivity (Wildman–Crippen MR) is 116 cm³/mol. The van der Waals surface area contributed by atoms with Gasteiger partial charge in [-0.15, -0.1) is 0 Å². The number of aryl methyl sites for hydroxylation is 1. The maximum absolute atomic E-state index is 12.8. The molecular formula is C21H27ClN4O3. The molecule has 0 atom stereocenters. The minimum atomic E-state index is -0.199. The molecule has 3 rings (SSSR count). The van der Waals surface area contributed by atoms with E-state index in [-0.39, 0.29) is 18.8 Å². The van der Waals surface area contributed by atoms with Gasteiger partial charge in [-0.05, 0) is 18.6 Å². The summed E-state index contributed by atoms with van der Waals surface area (Å²) < 4.78 is 3.55. The van der Waals surface area contributed by atoms with Gasteiger partial charge in [0.1, 0.15) is 5.82 Å². The van der Waals surface area contributed by atoms with Gasteiger partial charge in [0, 0.05) is 42.5 Å². The van der Waals surface area contributed by atoms with E-state index in [2.05, 4.69) is 6.92 Å². The molecule has 0 fully saturated rings. The van der Waals surface area contributed by atoms with Crippen LogP contribution in [0, 0.1) is 0 Å².